The molecular weight excluding hydrogens is 320 g/mol. The molecule has 6 heteroatoms. The van der Waals surface area contributed by atoms with Crippen LogP contribution in [0.15, 0.2) is 18.2 Å². The molecule has 0 aliphatic heterocycles. The summed E-state index contributed by atoms with van der Waals surface area (Å²) in [5.41, 5.74) is 5.47. The van der Waals surface area contributed by atoms with Crippen LogP contribution in [0.3, 0.4) is 0 Å². The first-order chi connectivity index (χ1) is 12.1. The molecule has 138 valence electrons. The Morgan fingerprint density at radius 2 is 1.80 bits per heavy atom. The third-order valence-electron chi connectivity index (χ3n) is 5.37. The maximum atomic E-state index is 12.2. The number of carbonyl (C=O) groups is 1. The molecule has 0 unspecified atom stereocenters. The monoisotopic (exact) mass is 348 g/mol. The number of hydrogen-bond donors (Lipinski definition) is 2. The molecule has 25 heavy (non-hydrogen) atoms. The molecule has 6 nitrogen and oxygen atoms in total. The second-order valence-electron chi connectivity index (χ2n) is 7.07. The van der Waals surface area contributed by atoms with Crippen molar-refractivity contribution in [1.82, 2.24) is 5.32 Å². The molecule has 1 aromatic rings. The number of nitrogens with one attached hydrogen (secondary N) is 1. The number of rotatable bonds is 6. The predicted molar refractivity (Wildman–Crippen MR) is 95.1 cm³/mol. The van der Waals surface area contributed by atoms with E-state index in [1.165, 1.54) is 0 Å². The summed E-state index contributed by atoms with van der Waals surface area (Å²) >= 11 is 0. The Balaban J connectivity index is 1.52. The number of amides is 1. The van der Waals surface area contributed by atoms with Crippen molar-refractivity contribution in [2.45, 2.75) is 62.6 Å². The van der Waals surface area contributed by atoms with Crippen LogP contribution in [0.5, 0.6) is 17.2 Å². The fourth-order valence-corrected chi connectivity index (χ4v) is 3.57. The van der Waals surface area contributed by atoms with E-state index >= 15 is 0 Å². The van der Waals surface area contributed by atoms with Crippen molar-refractivity contribution in [3.8, 4) is 17.2 Å². The van der Waals surface area contributed by atoms with E-state index in [2.05, 4.69) is 5.32 Å². The molecule has 2 aliphatic rings. The lowest BCUT2D eigenvalue weighted by atomic mass is 9.76. The third kappa shape index (κ3) is 3.84. The van der Waals surface area contributed by atoms with Crippen LogP contribution < -0.4 is 25.3 Å². The summed E-state index contributed by atoms with van der Waals surface area (Å²) in [6.07, 6.45) is 6.35. The summed E-state index contributed by atoms with van der Waals surface area (Å²) in [7, 11) is 3.22. The third-order valence-corrected chi connectivity index (χ3v) is 5.37. The van der Waals surface area contributed by atoms with Crippen LogP contribution in [0.1, 0.15) is 44.9 Å². The summed E-state index contributed by atoms with van der Waals surface area (Å²) in [5, 5.41) is 3.12. The van der Waals surface area contributed by atoms with Crippen LogP contribution in [0, 0.1) is 0 Å². The van der Waals surface area contributed by atoms with Gasteiger partial charge in [-0.1, -0.05) is 6.07 Å². The highest BCUT2D eigenvalue weighted by Gasteiger charge is 2.41. The molecule has 0 saturated heterocycles. The van der Waals surface area contributed by atoms with Crippen molar-refractivity contribution in [3.63, 3.8) is 0 Å². The number of carbonyl (C=O) groups excluding carboxylic acids is 1. The second-order valence-corrected chi connectivity index (χ2v) is 7.07. The summed E-state index contributed by atoms with van der Waals surface area (Å²) < 4.78 is 16.9. The van der Waals surface area contributed by atoms with Crippen LogP contribution in [0.2, 0.25) is 0 Å². The van der Waals surface area contributed by atoms with Gasteiger partial charge < -0.3 is 25.3 Å². The van der Waals surface area contributed by atoms with Crippen molar-refractivity contribution in [1.29, 1.82) is 0 Å². The number of ether oxygens (including phenoxy) is 3. The summed E-state index contributed by atoms with van der Waals surface area (Å²) in [6.45, 7) is 0. The summed E-state index contributed by atoms with van der Waals surface area (Å²) in [6, 6.07) is 5.83. The number of para-hydroxylation sites is 1. The first-order valence-electron chi connectivity index (χ1n) is 9.03. The van der Waals surface area contributed by atoms with Gasteiger partial charge in [-0.05, 0) is 57.1 Å². The highest BCUT2D eigenvalue weighted by atomic mass is 16.5. The minimum atomic E-state index is -0.624. The molecule has 2 saturated carbocycles. The zero-order valence-corrected chi connectivity index (χ0v) is 15.0. The standard InChI is InChI=1S/C19H28N2O4/c1-23-15-5-3-6-16(17(15)24-2)25-14-9-7-13(8-10-14)21-18(22)19(20)11-4-12-19/h3,5-6,13-14H,4,7-12,20H2,1-2H3,(H,21,22). The SMILES string of the molecule is COc1cccc(OC2CCC(NC(=O)C3(N)CCC3)CC2)c1OC. The highest BCUT2D eigenvalue weighted by Crippen LogP contribution is 2.38. The molecule has 3 rings (SSSR count). The van der Waals surface area contributed by atoms with Crippen molar-refractivity contribution in [3.05, 3.63) is 18.2 Å². The fourth-order valence-electron chi connectivity index (χ4n) is 3.57. The minimum absolute atomic E-state index is 0.0117. The van der Waals surface area contributed by atoms with Gasteiger partial charge in [-0.25, -0.2) is 0 Å². The molecule has 0 atom stereocenters. The van der Waals surface area contributed by atoms with Crippen molar-refractivity contribution < 1.29 is 19.0 Å². The second kappa shape index (κ2) is 7.52. The van der Waals surface area contributed by atoms with Crippen molar-refractivity contribution in [2.75, 3.05) is 14.2 Å². The zero-order chi connectivity index (χ0) is 17.9. The van der Waals surface area contributed by atoms with Gasteiger partial charge >= 0.3 is 0 Å². The van der Waals surface area contributed by atoms with E-state index in [0.29, 0.717) is 17.2 Å². The molecule has 0 radical (unpaired) electrons. The van der Waals surface area contributed by atoms with Crippen LogP contribution >= 0.6 is 0 Å². The smallest absolute Gasteiger partial charge is 0.240 e. The lowest BCUT2D eigenvalue weighted by Crippen LogP contribution is -2.60. The molecule has 1 aromatic carbocycles. The van der Waals surface area contributed by atoms with Gasteiger partial charge in [0.1, 0.15) is 0 Å². The molecule has 0 heterocycles. The van der Waals surface area contributed by atoms with Crippen LogP contribution in [0.25, 0.3) is 0 Å². The Morgan fingerprint density at radius 1 is 1.12 bits per heavy atom. The predicted octanol–water partition coefficient (Wildman–Crippen LogP) is 2.39. The number of hydrogen-bond acceptors (Lipinski definition) is 5. The average Bonchev–Trinajstić information content (AvgIpc) is 2.60. The van der Waals surface area contributed by atoms with Gasteiger partial charge in [-0.2, -0.15) is 0 Å². The van der Waals surface area contributed by atoms with Crippen LogP contribution in [-0.2, 0) is 4.79 Å². The lowest BCUT2D eigenvalue weighted by molar-refractivity contribution is -0.130. The minimum Gasteiger partial charge on any atom is -0.493 e. The first-order valence-corrected chi connectivity index (χ1v) is 9.03. The molecule has 1 amide bonds. The van der Waals surface area contributed by atoms with E-state index in [9.17, 15) is 4.79 Å². The Labute approximate surface area is 149 Å². The van der Waals surface area contributed by atoms with Gasteiger partial charge in [0, 0.05) is 6.04 Å². The first kappa shape index (κ1) is 17.9. The van der Waals surface area contributed by atoms with E-state index in [4.69, 9.17) is 19.9 Å². The number of nitrogens with two attached hydrogens (primary N) is 1. The van der Waals surface area contributed by atoms with Gasteiger partial charge in [-0.15, -0.1) is 0 Å². The largest absolute Gasteiger partial charge is 0.493 e. The Bertz CT molecular complexity index is 607. The molecular formula is C19H28N2O4. The topological polar surface area (TPSA) is 82.8 Å². The van der Waals surface area contributed by atoms with Gasteiger partial charge in [0.05, 0.1) is 25.9 Å². The molecule has 0 bridgehead atoms. The maximum absolute atomic E-state index is 12.2. The van der Waals surface area contributed by atoms with E-state index < -0.39 is 5.54 Å². The number of methoxy groups -OCH3 is 2. The Kier molecular flexibility index (Phi) is 5.37. The molecule has 2 fully saturated rings. The molecule has 0 spiro atoms. The summed E-state index contributed by atoms with van der Waals surface area (Å²) in [4.78, 5) is 12.2. The van der Waals surface area contributed by atoms with E-state index in [0.717, 1.165) is 44.9 Å². The highest BCUT2D eigenvalue weighted by molar-refractivity contribution is 5.87. The van der Waals surface area contributed by atoms with Gasteiger partial charge in [-0.3, -0.25) is 4.79 Å². The summed E-state index contributed by atoms with van der Waals surface area (Å²) in [5.74, 6) is 1.99. The Morgan fingerprint density at radius 3 is 2.36 bits per heavy atom. The van der Waals surface area contributed by atoms with Crippen molar-refractivity contribution in [2.24, 2.45) is 5.73 Å². The quantitative estimate of drug-likeness (QED) is 0.825. The maximum Gasteiger partial charge on any atom is 0.240 e. The normalized spacial score (nSPS) is 24.8. The lowest BCUT2D eigenvalue weighted by Gasteiger charge is -2.38. The molecule has 3 N–H and O–H groups in total. The van der Waals surface area contributed by atoms with E-state index in [-0.39, 0.29) is 18.1 Å². The molecule has 2 aliphatic carbocycles. The average molecular weight is 348 g/mol. The number of benzene rings is 1. The van der Waals surface area contributed by atoms with Gasteiger partial charge in [0.25, 0.3) is 0 Å². The molecule has 0 aromatic heterocycles. The zero-order valence-electron chi connectivity index (χ0n) is 15.0. The van der Waals surface area contributed by atoms with Crippen LogP contribution in [-0.4, -0.2) is 37.8 Å². The Hall–Kier alpha value is -1.95. The fraction of sp³-hybridized carbons (Fsp3) is 0.632. The van der Waals surface area contributed by atoms with Crippen LogP contribution in [0.4, 0.5) is 0 Å². The van der Waals surface area contributed by atoms with E-state index in [1.807, 2.05) is 18.2 Å². The van der Waals surface area contributed by atoms with E-state index in [1.54, 1.807) is 14.2 Å². The van der Waals surface area contributed by atoms with Gasteiger partial charge in [0.2, 0.25) is 11.7 Å². The van der Waals surface area contributed by atoms with Crippen molar-refractivity contribution >= 4 is 5.91 Å². The van der Waals surface area contributed by atoms with Gasteiger partial charge in [0.15, 0.2) is 11.5 Å².